The number of nitrogens with zero attached hydrogens (tertiary/aromatic N) is 1. The minimum absolute atomic E-state index is 0.157. The van der Waals surface area contributed by atoms with Gasteiger partial charge in [0.25, 0.3) is 0 Å². The van der Waals surface area contributed by atoms with Gasteiger partial charge in [-0.25, -0.2) is 0 Å². The van der Waals surface area contributed by atoms with Crippen molar-refractivity contribution in [3.05, 3.63) is 35.9 Å². The molecule has 0 bridgehead atoms. The van der Waals surface area contributed by atoms with E-state index in [4.69, 9.17) is 10.2 Å². The maximum Gasteiger partial charge on any atom is 0.321 e. The third kappa shape index (κ3) is 2.76. The number of carboxylic acid groups (broad SMARTS) is 2. The Bertz CT molecular complexity index is 448. The summed E-state index contributed by atoms with van der Waals surface area (Å²) in [6.07, 6.45) is 0.314. The fourth-order valence-electron chi connectivity index (χ4n) is 2.45. The lowest BCUT2D eigenvalue weighted by atomic mass is 9.78. The Labute approximate surface area is 111 Å². The molecule has 0 radical (unpaired) electrons. The summed E-state index contributed by atoms with van der Waals surface area (Å²) in [5, 5.41) is 18.3. The highest BCUT2D eigenvalue weighted by Crippen LogP contribution is 2.32. The van der Waals surface area contributed by atoms with Crippen LogP contribution in [0.1, 0.15) is 18.4 Å². The van der Waals surface area contributed by atoms with Crippen molar-refractivity contribution in [1.82, 2.24) is 4.90 Å². The molecule has 2 N–H and O–H groups in total. The molecular formula is C14H17NO4. The molecule has 102 valence electrons. The van der Waals surface area contributed by atoms with Crippen molar-refractivity contribution in [1.29, 1.82) is 0 Å². The first-order valence-electron chi connectivity index (χ1n) is 6.28. The van der Waals surface area contributed by atoms with Crippen molar-refractivity contribution in [3.63, 3.8) is 0 Å². The molecule has 1 aliphatic heterocycles. The molecule has 1 aromatic carbocycles. The number of rotatable bonds is 4. The number of likely N-dealkylation sites (tertiary alicyclic amines) is 1. The van der Waals surface area contributed by atoms with Crippen LogP contribution < -0.4 is 0 Å². The molecule has 0 saturated carbocycles. The topological polar surface area (TPSA) is 77.8 Å². The summed E-state index contributed by atoms with van der Waals surface area (Å²) in [4.78, 5) is 24.5. The van der Waals surface area contributed by atoms with Gasteiger partial charge in [0.15, 0.2) is 5.41 Å². The average molecular weight is 263 g/mol. The molecule has 0 aliphatic carbocycles. The average Bonchev–Trinajstić information content (AvgIpc) is 2.40. The first-order chi connectivity index (χ1) is 9.04. The second kappa shape index (κ2) is 5.40. The smallest absolute Gasteiger partial charge is 0.321 e. The number of aliphatic carboxylic acids is 2. The lowest BCUT2D eigenvalue weighted by molar-refractivity contribution is -0.168. The Kier molecular flexibility index (Phi) is 3.85. The van der Waals surface area contributed by atoms with Crippen LogP contribution in [0, 0.1) is 5.41 Å². The van der Waals surface area contributed by atoms with E-state index >= 15 is 0 Å². The van der Waals surface area contributed by atoms with Crippen LogP contribution in [0.25, 0.3) is 0 Å². The van der Waals surface area contributed by atoms with E-state index in [1.807, 2.05) is 30.3 Å². The monoisotopic (exact) mass is 263 g/mol. The van der Waals surface area contributed by atoms with Crippen LogP contribution in [-0.2, 0) is 16.1 Å². The van der Waals surface area contributed by atoms with Crippen LogP contribution in [0.15, 0.2) is 30.3 Å². The zero-order valence-electron chi connectivity index (χ0n) is 10.6. The predicted octanol–water partition coefficient (Wildman–Crippen LogP) is 1.44. The maximum atomic E-state index is 11.2. The first kappa shape index (κ1) is 13.5. The minimum Gasteiger partial charge on any atom is -0.480 e. The summed E-state index contributed by atoms with van der Waals surface area (Å²) in [7, 11) is 0. The largest absolute Gasteiger partial charge is 0.480 e. The van der Waals surface area contributed by atoms with E-state index in [9.17, 15) is 9.59 Å². The number of hydrogen-bond acceptors (Lipinski definition) is 3. The molecule has 1 aromatic rings. The molecular weight excluding hydrogens is 246 g/mol. The minimum atomic E-state index is -1.60. The molecule has 0 aromatic heterocycles. The molecule has 1 heterocycles. The van der Waals surface area contributed by atoms with Crippen LogP contribution in [0.4, 0.5) is 0 Å². The van der Waals surface area contributed by atoms with Gasteiger partial charge in [0, 0.05) is 19.6 Å². The third-order valence-electron chi connectivity index (χ3n) is 3.78. The Morgan fingerprint density at radius 1 is 1.05 bits per heavy atom. The molecule has 0 spiro atoms. The first-order valence-corrected chi connectivity index (χ1v) is 6.28. The quantitative estimate of drug-likeness (QED) is 0.804. The Morgan fingerprint density at radius 3 is 2.05 bits per heavy atom. The Balaban J connectivity index is 1.99. The summed E-state index contributed by atoms with van der Waals surface area (Å²) in [6, 6.07) is 9.88. The van der Waals surface area contributed by atoms with E-state index in [2.05, 4.69) is 4.90 Å². The highest BCUT2D eigenvalue weighted by Gasteiger charge is 2.48. The van der Waals surface area contributed by atoms with Gasteiger partial charge in [-0.3, -0.25) is 14.5 Å². The van der Waals surface area contributed by atoms with E-state index < -0.39 is 17.4 Å². The van der Waals surface area contributed by atoms with Gasteiger partial charge in [-0.2, -0.15) is 0 Å². The van der Waals surface area contributed by atoms with Crippen molar-refractivity contribution in [2.45, 2.75) is 19.4 Å². The number of hydrogen-bond donors (Lipinski definition) is 2. The van der Waals surface area contributed by atoms with Crippen LogP contribution >= 0.6 is 0 Å². The summed E-state index contributed by atoms with van der Waals surface area (Å²) >= 11 is 0. The van der Waals surface area contributed by atoms with E-state index in [1.165, 1.54) is 0 Å². The number of carboxylic acids is 2. The van der Waals surface area contributed by atoms with Crippen molar-refractivity contribution in [3.8, 4) is 0 Å². The molecule has 1 aliphatic rings. The van der Waals surface area contributed by atoms with Gasteiger partial charge in [-0.05, 0) is 18.4 Å². The van der Waals surface area contributed by atoms with Gasteiger partial charge in [0.2, 0.25) is 0 Å². The Morgan fingerprint density at radius 2 is 1.58 bits per heavy atom. The number of benzene rings is 1. The van der Waals surface area contributed by atoms with Gasteiger partial charge >= 0.3 is 11.9 Å². The van der Waals surface area contributed by atoms with Crippen LogP contribution in [0.2, 0.25) is 0 Å². The van der Waals surface area contributed by atoms with Gasteiger partial charge in [0.05, 0.1) is 0 Å². The van der Waals surface area contributed by atoms with Crippen LogP contribution in [0.5, 0.6) is 0 Å². The predicted molar refractivity (Wildman–Crippen MR) is 68.7 cm³/mol. The third-order valence-corrected chi connectivity index (χ3v) is 3.78. The second-order valence-corrected chi connectivity index (χ2v) is 4.95. The van der Waals surface area contributed by atoms with Crippen LogP contribution in [-0.4, -0.2) is 40.1 Å². The van der Waals surface area contributed by atoms with Crippen molar-refractivity contribution >= 4 is 11.9 Å². The van der Waals surface area contributed by atoms with Gasteiger partial charge in [-0.1, -0.05) is 30.3 Å². The fourth-order valence-corrected chi connectivity index (χ4v) is 2.45. The van der Waals surface area contributed by atoms with E-state index in [0.717, 1.165) is 12.1 Å². The Hall–Kier alpha value is -1.88. The molecule has 5 nitrogen and oxygen atoms in total. The number of piperidine rings is 1. The summed E-state index contributed by atoms with van der Waals surface area (Å²) in [6.45, 7) is 1.72. The summed E-state index contributed by atoms with van der Waals surface area (Å²) < 4.78 is 0. The van der Waals surface area contributed by atoms with Gasteiger partial charge in [-0.15, -0.1) is 0 Å². The zero-order valence-corrected chi connectivity index (χ0v) is 10.6. The molecule has 1 saturated heterocycles. The normalized spacial score (nSPS) is 18.9. The lowest BCUT2D eigenvalue weighted by Crippen LogP contribution is -2.48. The summed E-state index contributed by atoms with van der Waals surface area (Å²) in [5.41, 5.74) is -0.451. The highest BCUT2D eigenvalue weighted by atomic mass is 16.4. The second-order valence-electron chi connectivity index (χ2n) is 4.95. The molecule has 2 rings (SSSR count). The standard InChI is InChI=1S/C14H17NO4/c16-12(17)14(13(18)19)6-8-15(9-7-14)10-11-4-2-1-3-5-11/h1-5H,6-10H2,(H,16,17)(H,18,19). The van der Waals surface area contributed by atoms with Gasteiger partial charge in [0.1, 0.15) is 0 Å². The van der Waals surface area contributed by atoms with Crippen molar-refractivity contribution in [2.75, 3.05) is 13.1 Å². The van der Waals surface area contributed by atoms with E-state index in [0.29, 0.717) is 13.1 Å². The SMILES string of the molecule is O=C(O)C1(C(=O)O)CCN(Cc2ccccc2)CC1. The molecule has 1 fully saturated rings. The van der Waals surface area contributed by atoms with Crippen molar-refractivity contribution in [2.24, 2.45) is 5.41 Å². The van der Waals surface area contributed by atoms with Crippen LogP contribution in [0.3, 0.4) is 0 Å². The highest BCUT2D eigenvalue weighted by molar-refractivity contribution is 5.98. The molecule has 0 atom stereocenters. The summed E-state index contributed by atoms with van der Waals surface area (Å²) in [5.74, 6) is -2.45. The fraction of sp³-hybridized carbons (Fsp3) is 0.429. The maximum absolute atomic E-state index is 11.2. The molecule has 0 unspecified atom stereocenters. The van der Waals surface area contributed by atoms with E-state index in [1.54, 1.807) is 0 Å². The number of carbonyl (C=O) groups is 2. The molecule has 19 heavy (non-hydrogen) atoms. The lowest BCUT2D eigenvalue weighted by Gasteiger charge is -2.35. The van der Waals surface area contributed by atoms with Gasteiger partial charge < -0.3 is 10.2 Å². The van der Waals surface area contributed by atoms with Crippen molar-refractivity contribution < 1.29 is 19.8 Å². The zero-order chi connectivity index (χ0) is 13.9. The molecule has 5 heteroatoms. The molecule has 0 amide bonds. The van der Waals surface area contributed by atoms with E-state index in [-0.39, 0.29) is 12.8 Å².